The van der Waals surface area contributed by atoms with Gasteiger partial charge in [-0.25, -0.2) is 4.39 Å². The molecule has 0 aliphatic carbocycles. The average Bonchev–Trinajstić information content (AvgIpc) is 2.39. The molecule has 0 radical (unpaired) electrons. The summed E-state index contributed by atoms with van der Waals surface area (Å²) in [7, 11) is -1.76. The van der Waals surface area contributed by atoms with Gasteiger partial charge < -0.3 is 0 Å². The molecule has 0 spiro atoms. The van der Waals surface area contributed by atoms with E-state index >= 15 is 0 Å². The minimum atomic E-state index is -1.76. The number of rotatable bonds is 2. The average molecular weight is 264 g/mol. The largest absolute Gasteiger partial charge is 0.258 e. The topological polar surface area (TPSA) is 27.0 Å². The zero-order valence-corrected chi connectivity index (χ0v) is 11.2. The maximum atomic E-state index is 13.4. The Morgan fingerprint density at radius 1 is 1.22 bits per heavy atom. The Bertz CT molecular complexity index is 578. The van der Waals surface area contributed by atoms with E-state index in [4.69, 9.17) is 5.26 Å². The second kappa shape index (κ2) is 5.13. The van der Waals surface area contributed by atoms with Crippen LogP contribution >= 0.6 is 9.39 Å². The summed E-state index contributed by atoms with van der Waals surface area (Å²) >= 11 is 0. The molecule has 1 heterocycles. The van der Waals surface area contributed by atoms with Crippen molar-refractivity contribution in [2.75, 3.05) is 13.1 Å². The third-order valence-electron chi connectivity index (χ3n) is 3.28. The molecule has 4 heteroatoms. The van der Waals surface area contributed by atoms with Gasteiger partial charge in [0.15, 0.2) is 0 Å². The molecular formula is C14H17FN2S. The quantitative estimate of drug-likeness (QED) is 0.767. The first-order chi connectivity index (χ1) is 8.55. The zero-order chi connectivity index (χ0) is 13.2. The molecule has 0 atom stereocenters. The smallest absolute Gasteiger partial charge is 0.124 e. The van der Waals surface area contributed by atoms with Crippen LogP contribution in [-0.2, 0) is 0 Å². The number of piperidine rings is 1. The molecule has 1 aliphatic heterocycles. The van der Waals surface area contributed by atoms with Gasteiger partial charge in [0.1, 0.15) is 11.9 Å². The van der Waals surface area contributed by atoms with Crippen LogP contribution in [-0.4, -0.2) is 29.1 Å². The molecule has 0 saturated carbocycles. The van der Waals surface area contributed by atoms with Crippen molar-refractivity contribution in [2.24, 2.45) is 0 Å². The Morgan fingerprint density at radius 3 is 2.50 bits per heavy atom. The predicted octanol–water partition coefficient (Wildman–Crippen LogP) is 3.13. The van der Waals surface area contributed by atoms with Gasteiger partial charge in [-0.1, -0.05) is 18.2 Å². The van der Waals surface area contributed by atoms with Crippen molar-refractivity contribution in [3.05, 3.63) is 29.6 Å². The molecule has 0 bridgehead atoms. The molecule has 1 saturated heterocycles. The van der Waals surface area contributed by atoms with Crippen molar-refractivity contribution < 1.29 is 4.39 Å². The third kappa shape index (κ3) is 2.43. The van der Waals surface area contributed by atoms with Crippen molar-refractivity contribution in [3.8, 4) is 6.07 Å². The molecule has 2 rings (SSSR count). The van der Waals surface area contributed by atoms with Crippen LogP contribution in [0.3, 0.4) is 0 Å². The molecule has 1 aromatic carbocycles. The van der Waals surface area contributed by atoms with Crippen LogP contribution in [0.5, 0.6) is 0 Å². The molecular weight excluding hydrogens is 247 g/mol. The van der Waals surface area contributed by atoms with E-state index in [1.165, 1.54) is 24.6 Å². The Hall–Kier alpha value is -1.31. The molecule has 0 aromatic heterocycles. The van der Waals surface area contributed by atoms with Gasteiger partial charge in [-0.05, 0) is 31.0 Å². The molecule has 0 amide bonds. The summed E-state index contributed by atoms with van der Waals surface area (Å²) in [6.07, 6.45) is 3.47. The highest BCUT2D eigenvalue weighted by atomic mass is 32.2. The lowest BCUT2D eigenvalue weighted by Crippen LogP contribution is -2.27. The first kappa shape index (κ1) is 13.1. The minimum absolute atomic E-state index is 0.329. The number of nitrogens with zero attached hydrogens (tertiary/aromatic N) is 2. The second-order valence-corrected chi connectivity index (χ2v) is 7.23. The van der Waals surface area contributed by atoms with Crippen LogP contribution in [0.2, 0.25) is 0 Å². The van der Waals surface area contributed by atoms with Gasteiger partial charge in [-0.15, -0.1) is 9.39 Å². The van der Waals surface area contributed by atoms with Crippen LogP contribution < -0.4 is 0 Å². The Morgan fingerprint density at radius 2 is 1.89 bits per heavy atom. The molecule has 0 N–H and O–H groups in total. The van der Waals surface area contributed by atoms with E-state index in [2.05, 4.69) is 22.1 Å². The summed E-state index contributed by atoms with van der Waals surface area (Å²) in [5, 5.41) is 9.14. The van der Waals surface area contributed by atoms with Gasteiger partial charge >= 0.3 is 0 Å². The maximum absolute atomic E-state index is 13.4. The van der Waals surface area contributed by atoms with Crippen molar-refractivity contribution >= 4 is 21.1 Å². The summed E-state index contributed by atoms with van der Waals surface area (Å²) in [6, 6.07) is 6.37. The number of halogens is 1. The van der Waals surface area contributed by atoms with Crippen LogP contribution in [0.25, 0.3) is 0 Å². The van der Waals surface area contributed by atoms with Crippen molar-refractivity contribution in [3.63, 3.8) is 0 Å². The third-order valence-corrected chi connectivity index (χ3v) is 5.79. The molecule has 2 nitrogen and oxygen atoms in total. The summed E-state index contributed by atoms with van der Waals surface area (Å²) in [5.74, 6) is 8.06. The summed E-state index contributed by atoms with van der Waals surface area (Å²) in [6.45, 7) is 1.87. The van der Waals surface area contributed by atoms with Gasteiger partial charge in [0, 0.05) is 18.0 Å². The zero-order valence-electron chi connectivity index (χ0n) is 10.4. The second-order valence-electron chi connectivity index (χ2n) is 4.58. The van der Waals surface area contributed by atoms with Crippen LogP contribution in [0, 0.1) is 17.1 Å². The standard InChI is InChI=1S/C14H17FN2S/c1-18(2,17-8-4-3-5-9-17)14-10-13(15)7-6-12(14)11-16/h6-7,10H,1-5,8-9H2. The van der Waals surface area contributed by atoms with Crippen molar-refractivity contribution in [2.45, 2.75) is 24.2 Å². The van der Waals surface area contributed by atoms with Gasteiger partial charge in [0.25, 0.3) is 0 Å². The Labute approximate surface area is 108 Å². The lowest BCUT2D eigenvalue weighted by Gasteiger charge is -2.34. The molecule has 0 unspecified atom stereocenters. The van der Waals surface area contributed by atoms with Gasteiger partial charge in [-0.3, -0.25) is 4.31 Å². The summed E-state index contributed by atoms with van der Waals surface area (Å²) in [4.78, 5) is 0.659. The van der Waals surface area contributed by atoms with E-state index in [9.17, 15) is 4.39 Å². The van der Waals surface area contributed by atoms with Crippen LogP contribution in [0.1, 0.15) is 24.8 Å². The first-order valence-electron chi connectivity index (χ1n) is 6.00. The fraction of sp³-hybridized carbons (Fsp3) is 0.357. The highest BCUT2D eigenvalue weighted by molar-refractivity contribution is 8.25. The van der Waals surface area contributed by atoms with Crippen LogP contribution in [0.4, 0.5) is 4.39 Å². The Balaban J connectivity index is 2.46. The van der Waals surface area contributed by atoms with Crippen molar-refractivity contribution in [1.82, 2.24) is 4.31 Å². The lowest BCUT2D eigenvalue weighted by atomic mass is 10.2. The fourth-order valence-corrected chi connectivity index (χ4v) is 4.35. The van der Waals surface area contributed by atoms with Gasteiger partial charge in [-0.2, -0.15) is 5.26 Å². The van der Waals surface area contributed by atoms with E-state index < -0.39 is 9.39 Å². The number of hydrogen-bond acceptors (Lipinski definition) is 2. The minimum Gasteiger partial charge on any atom is -0.258 e. The summed E-state index contributed by atoms with van der Waals surface area (Å²) < 4.78 is 15.6. The fourth-order valence-electron chi connectivity index (χ4n) is 2.26. The first-order valence-corrected chi connectivity index (χ1v) is 7.93. The molecule has 1 aliphatic rings. The SMILES string of the molecule is C=S(=C)(c1cc(F)ccc1C#N)N1CCCCC1. The molecule has 1 fully saturated rings. The maximum Gasteiger partial charge on any atom is 0.124 e. The monoisotopic (exact) mass is 264 g/mol. The molecule has 96 valence electrons. The van der Waals surface area contributed by atoms with E-state index in [0.717, 1.165) is 25.9 Å². The van der Waals surface area contributed by atoms with Crippen molar-refractivity contribution in [1.29, 1.82) is 5.26 Å². The summed E-state index contributed by atoms with van der Waals surface area (Å²) in [5.41, 5.74) is 0.488. The number of benzene rings is 1. The normalized spacial score (nSPS) is 17.3. The molecule has 18 heavy (non-hydrogen) atoms. The highest BCUT2D eigenvalue weighted by Crippen LogP contribution is 2.40. The highest BCUT2D eigenvalue weighted by Gasteiger charge is 2.19. The van der Waals surface area contributed by atoms with Crippen LogP contribution in [0.15, 0.2) is 23.1 Å². The number of hydrogen-bond donors (Lipinski definition) is 0. The van der Waals surface area contributed by atoms with E-state index in [-0.39, 0.29) is 5.82 Å². The van der Waals surface area contributed by atoms with Gasteiger partial charge in [0.2, 0.25) is 0 Å². The van der Waals surface area contributed by atoms with E-state index in [1.54, 1.807) is 0 Å². The number of nitriles is 1. The van der Waals surface area contributed by atoms with E-state index in [1.807, 2.05) is 0 Å². The molecule has 1 aromatic rings. The Kier molecular flexibility index (Phi) is 3.74. The lowest BCUT2D eigenvalue weighted by molar-refractivity contribution is 0.378. The predicted molar refractivity (Wildman–Crippen MR) is 76.6 cm³/mol. The van der Waals surface area contributed by atoms with E-state index in [0.29, 0.717) is 10.5 Å². The van der Waals surface area contributed by atoms with Gasteiger partial charge in [0.05, 0.1) is 5.56 Å².